The molecule has 4 rings (SSSR count). The Morgan fingerprint density at radius 3 is 2.56 bits per heavy atom. The second kappa shape index (κ2) is 5.37. The van der Waals surface area contributed by atoms with Crippen LogP contribution in [0.4, 0.5) is 19.0 Å². The van der Waals surface area contributed by atoms with Crippen LogP contribution in [0.2, 0.25) is 0 Å². The molecule has 8 heteroatoms. The standard InChI is InChI=1S/C17H14F3N3O2/c18-17(19,20)9-5-2-1-4-8(9)12-13-10(6-3-7-11(13)24)21-15-14(12)16(25)23-22-15/h1-2,4-5,12H,3,6-7H2,(H3,21,22,23,25). The molecule has 2 aliphatic rings. The number of anilines is 1. The van der Waals surface area contributed by atoms with Gasteiger partial charge in [-0.15, -0.1) is 0 Å². The smallest absolute Gasteiger partial charge is 0.343 e. The van der Waals surface area contributed by atoms with Gasteiger partial charge in [0.25, 0.3) is 5.56 Å². The molecule has 0 amide bonds. The van der Waals surface area contributed by atoms with Gasteiger partial charge in [-0.25, -0.2) is 0 Å². The predicted octanol–water partition coefficient (Wildman–Crippen LogP) is 3.29. The summed E-state index contributed by atoms with van der Waals surface area (Å²) in [7, 11) is 0. The Labute approximate surface area is 139 Å². The highest BCUT2D eigenvalue weighted by atomic mass is 19.4. The van der Waals surface area contributed by atoms with Gasteiger partial charge in [-0.05, 0) is 24.5 Å². The monoisotopic (exact) mass is 349 g/mol. The van der Waals surface area contributed by atoms with E-state index >= 15 is 0 Å². The first-order valence-electron chi connectivity index (χ1n) is 7.88. The second-order valence-corrected chi connectivity index (χ2v) is 6.18. The van der Waals surface area contributed by atoms with Gasteiger partial charge in [0.15, 0.2) is 5.78 Å². The third-order valence-corrected chi connectivity index (χ3v) is 4.70. The zero-order chi connectivity index (χ0) is 17.8. The fourth-order valence-corrected chi connectivity index (χ4v) is 3.68. The van der Waals surface area contributed by atoms with Crippen LogP contribution in [0.15, 0.2) is 40.3 Å². The van der Waals surface area contributed by atoms with E-state index in [0.717, 1.165) is 6.07 Å². The number of ketones is 1. The van der Waals surface area contributed by atoms with Gasteiger partial charge in [-0.3, -0.25) is 19.8 Å². The number of hydrogen-bond acceptors (Lipinski definition) is 3. The van der Waals surface area contributed by atoms with Crippen molar-refractivity contribution in [1.82, 2.24) is 10.2 Å². The lowest BCUT2D eigenvalue weighted by molar-refractivity contribution is -0.138. The SMILES string of the molecule is O=C1CCCC2=C1C(c1ccccc1C(F)(F)F)c1c([nH][nH]c1=O)N2. The van der Waals surface area contributed by atoms with E-state index in [1.807, 2.05) is 0 Å². The van der Waals surface area contributed by atoms with E-state index in [9.17, 15) is 22.8 Å². The molecule has 0 fully saturated rings. The molecule has 130 valence electrons. The fourth-order valence-electron chi connectivity index (χ4n) is 3.68. The van der Waals surface area contributed by atoms with Crippen LogP contribution in [0.25, 0.3) is 0 Å². The Bertz CT molecular complexity index is 953. The number of carbonyl (C=O) groups is 1. The van der Waals surface area contributed by atoms with E-state index in [-0.39, 0.29) is 28.9 Å². The first-order chi connectivity index (χ1) is 11.9. The Morgan fingerprint density at radius 1 is 1.04 bits per heavy atom. The molecule has 0 spiro atoms. The summed E-state index contributed by atoms with van der Waals surface area (Å²) >= 11 is 0. The van der Waals surface area contributed by atoms with Gasteiger partial charge in [-0.1, -0.05) is 18.2 Å². The number of alkyl halides is 3. The Balaban J connectivity index is 2.02. The summed E-state index contributed by atoms with van der Waals surface area (Å²) in [4.78, 5) is 24.8. The molecule has 1 atom stereocenters. The van der Waals surface area contributed by atoms with Crippen molar-refractivity contribution < 1.29 is 18.0 Å². The number of aromatic nitrogens is 2. The molecule has 25 heavy (non-hydrogen) atoms. The van der Waals surface area contributed by atoms with Crippen molar-refractivity contribution in [3.05, 3.63) is 62.6 Å². The third kappa shape index (κ3) is 2.40. The highest BCUT2D eigenvalue weighted by Gasteiger charge is 2.42. The van der Waals surface area contributed by atoms with Gasteiger partial charge in [0, 0.05) is 23.6 Å². The van der Waals surface area contributed by atoms with Crippen molar-refractivity contribution in [3.63, 3.8) is 0 Å². The summed E-state index contributed by atoms with van der Waals surface area (Å²) in [6, 6.07) is 5.10. The molecule has 2 heterocycles. The van der Waals surface area contributed by atoms with Crippen molar-refractivity contribution in [1.29, 1.82) is 0 Å². The number of halogens is 3. The normalized spacial score (nSPS) is 20.1. The molecule has 1 aromatic heterocycles. The van der Waals surface area contributed by atoms with Gasteiger partial charge < -0.3 is 5.32 Å². The number of carbonyl (C=O) groups excluding carboxylic acids is 1. The zero-order valence-corrected chi connectivity index (χ0v) is 13.0. The minimum atomic E-state index is -4.58. The van der Waals surface area contributed by atoms with Crippen molar-refractivity contribution in [2.45, 2.75) is 31.4 Å². The topological polar surface area (TPSA) is 77.8 Å². The highest BCUT2D eigenvalue weighted by molar-refractivity contribution is 6.01. The molecule has 3 N–H and O–H groups in total. The van der Waals surface area contributed by atoms with Gasteiger partial charge in [0.2, 0.25) is 0 Å². The summed E-state index contributed by atoms with van der Waals surface area (Å²) in [6.45, 7) is 0. The van der Waals surface area contributed by atoms with E-state index in [1.165, 1.54) is 18.2 Å². The van der Waals surface area contributed by atoms with E-state index in [1.54, 1.807) is 0 Å². The van der Waals surface area contributed by atoms with Crippen LogP contribution in [0.5, 0.6) is 0 Å². The fraction of sp³-hybridized carbons (Fsp3) is 0.294. The summed E-state index contributed by atoms with van der Waals surface area (Å²) in [5.74, 6) is -0.936. The summed E-state index contributed by atoms with van der Waals surface area (Å²) in [5, 5.41) is 8.05. The molecule has 2 aromatic rings. The lowest BCUT2D eigenvalue weighted by atomic mass is 9.75. The van der Waals surface area contributed by atoms with E-state index in [0.29, 0.717) is 24.4 Å². The van der Waals surface area contributed by atoms with Gasteiger partial charge in [-0.2, -0.15) is 13.2 Å². The van der Waals surface area contributed by atoms with Crippen LogP contribution in [0.1, 0.15) is 41.9 Å². The first-order valence-corrected chi connectivity index (χ1v) is 7.88. The number of allylic oxidation sites excluding steroid dienone is 2. The maximum Gasteiger partial charge on any atom is 0.416 e. The van der Waals surface area contributed by atoms with E-state index in [2.05, 4.69) is 15.5 Å². The third-order valence-electron chi connectivity index (χ3n) is 4.70. The van der Waals surface area contributed by atoms with Crippen LogP contribution >= 0.6 is 0 Å². The number of Topliss-reactive ketones (excluding diaryl/α,β-unsaturated/α-hetero) is 1. The number of fused-ring (bicyclic) bond motifs is 1. The minimum Gasteiger partial charge on any atom is -0.343 e. The van der Waals surface area contributed by atoms with Crippen molar-refractivity contribution in [3.8, 4) is 0 Å². The average molecular weight is 349 g/mol. The minimum absolute atomic E-state index is 0.0781. The van der Waals surface area contributed by atoms with Crippen LogP contribution < -0.4 is 10.9 Å². The maximum absolute atomic E-state index is 13.5. The number of H-pyrrole nitrogens is 2. The van der Waals surface area contributed by atoms with Crippen LogP contribution in [0, 0.1) is 0 Å². The molecule has 1 unspecified atom stereocenters. The van der Waals surface area contributed by atoms with Crippen molar-refractivity contribution >= 4 is 11.6 Å². The molecule has 5 nitrogen and oxygen atoms in total. The average Bonchev–Trinajstić information content (AvgIpc) is 2.93. The van der Waals surface area contributed by atoms with Crippen molar-refractivity contribution in [2.24, 2.45) is 0 Å². The molecule has 1 aliphatic heterocycles. The van der Waals surface area contributed by atoms with Gasteiger partial charge in [0.05, 0.1) is 11.1 Å². The molecule has 0 radical (unpaired) electrons. The number of aromatic amines is 2. The number of hydrogen-bond donors (Lipinski definition) is 3. The molecule has 0 saturated carbocycles. The number of nitrogens with one attached hydrogen (secondary N) is 3. The Kier molecular flexibility index (Phi) is 3.38. The van der Waals surface area contributed by atoms with Crippen LogP contribution in [-0.2, 0) is 11.0 Å². The van der Waals surface area contributed by atoms with E-state index < -0.39 is 23.2 Å². The Hall–Kier alpha value is -2.77. The van der Waals surface area contributed by atoms with Crippen LogP contribution in [0.3, 0.4) is 0 Å². The molecule has 1 aromatic carbocycles. The molecule has 1 aliphatic carbocycles. The zero-order valence-electron chi connectivity index (χ0n) is 13.0. The maximum atomic E-state index is 13.5. The van der Waals surface area contributed by atoms with Gasteiger partial charge in [0.1, 0.15) is 5.82 Å². The molecule has 0 saturated heterocycles. The van der Waals surface area contributed by atoms with Crippen molar-refractivity contribution in [2.75, 3.05) is 5.32 Å². The van der Waals surface area contributed by atoms with Crippen LogP contribution in [-0.4, -0.2) is 16.0 Å². The quantitative estimate of drug-likeness (QED) is 0.739. The summed E-state index contributed by atoms with van der Waals surface area (Å²) in [5.41, 5.74) is -0.481. The first kappa shape index (κ1) is 15.7. The number of rotatable bonds is 1. The summed E-state index contributed by atoms with van der Waals surface area (Å²) < 4.78 is 40.5. The highest BCUT2D eigenvalue weighted by Crippen LogP contribution is 2.46. The summed E-state index contributed by atoms with van der Waals surface area (Å²) in [6.07, 6.45) is -3.13. The number of benzene rings is 1. The lowest BCUT2D eigenvalue weighted by Crippen LogP contribution is -2.30. The van der Waals surface area contributed by atoms with Gasteiger partial charge >= 0.3 is 6.18 Å². The predicted molar refractivity (Wildman–Crippen MR) is 84.2 cm³/mol. The molecule has 0 bridgehead atoms. The largest absolute Gasteiger partial charge is 0.416 e. The second-order valence-electron chi connectivity index (χ2n) is 6.18. The molecular formula is C17H14F3N3O2. The van der Waals surface area contributed by atoms with E-state index in [4.69, 9.17) is 0 Å². The lowest BCUT2D eigenvalue weighted by Gasteiger charge is -2.32. The molecular weight excluding hydrogens is 335 g/mol. The Morgan fingerprint density at radius 2 is 1.80 bits per heavy atom.